The fourth-order valence-electron chi connectivity index (χ4n) is 3.95. The van der Waals surface area contributed by atoms with Crippen molar-refractivity contribution < 1.29 is 17.9 Å². The molecule has 0 amide bonds. The number of sulfonamides is 1. The Morgan fingerprint density at radius 1 is 0.968 bits per heavy atom. The molecule has 0 bridgehead atoms. The second kappa shape index (κ2) is 9.80. The van der Waals surface area contributed by atoms with Gasteiger partial charge in [0.15, 0.2) is 0 Å². The largest absolute Gasteiger partial charge is 0.497 e. The zero-order chi connectivity index (χ0) is 21.7. The van der Waals surface area contributed by atoms with Gasteiger partial charge in [0.25, 0.3) is 0 Å². The highest BCUT2D eigenvalue weighted by Crippen LogP contribution is 2.33. The van der Waals surface area contributed by atoms with Crippen LogP contribution in [0.1, 0.15) is 24.8 Å². The first-order valence-corrected chi connectivity index (χ1v) is 12.2. The molecule has 0 N–H and O–H groups in total. The number of ether oxygens (including phenoxy) is 2. The van der Waals surface area contributed by atoms with Crippen molar-refractivity contribution in [3.8, 4) is 5.75 Å². The quantitative estimate of drug-likeness (QED) is 0.640. The molecule has 8 heteroatoms. The Morgan fingerprint density at radius 2 is 1.68 bits per heavy atom. The van der Waals surface area contributed by atoms with E-state index in [1.807, 2.05) is 36.4 Å². The Kier molecular flexibility index (Phi) is 6.89. The molecule has 0 saturated carbocycles. The Bertz CT molecular complexity index is 1010. The number of methoxy groups -OCH3 is 1. The molecular weight excluding hydrogens is 414 g/mol. The predicted octanol–water partition coefficient (Wildman–Crippen LogP) is 3.46. The SMILES string of the molecule is COc1ccc(C=Nc2ccc(N3CCCCC3)c(S(=O)(=O)N3CCOCC3)c2)cc1. The molecule has 2 heterocycles. The molecule has 2 aliphatic rings. The number of hydrogen-bond acceptors (Lipinski definition) is 6. The maximum atomic E-state index is 13.5. The number of nitrogens with zero attached hydrogens (tertiary/aromatic N) is 3. The fourth-order valence-corrected chi connectivity index (χ4v) is 5.59. The number of piperidine rings is 1. The van der Waals surface area contributed by atoms with Gasteiger partial charge in [0.05, 0.1) is 31.7 Å². The highest BCUT2D eigenvalue weighted by molar-refractivity contribution is 7.89. The summed E-state index contributed by atoms with van der Waals surface area (Å²) in [6.45, 7) is 3.35. The van der Waals surface area contributed by atoms with Crippen LogP contribution in [-0.2, 0) is 14.8 Å². The Morgan fingerprint density at radius 3 is 2.35 bits per heavy atom. The van der Waals surface area contributed by atoms with E-state index in [9.17, 15) is 8.42 Å². The summed E-state index contributed by atoms with van der Waals surface area (Å²) in [4.78, 5) is 7.07. The third kappa shape index (κ3) is 5.08. The van der Waals surface area contributed by atoms with Crippen LogP contribution in [0.2, 0.25) is 0 Å². The first kappa shape index (κ1) is 21.8. The van der Waals surface area contributed by atoms with Crippen molar-refractivity contribution in [1.82, 2.24) is 4.31 Å². The minimum atomic E-state index is -3.64. The van der Waals surface area contributed by atoms with Crippen molar-refractivity contribution in [3.63, 3.8) is 0 Å². The Hall–Kier alpha value is -2.42. The molecule has 2 aliphatic heterocycles. The van der Waals surface area contributed by atoms with E-state index in [2.05, 4.69) is 9.89 Å². The lowest BCUT2D eigenvalue weighted by Gasteiger charge is -2.32. The highest BCUT2D eigenvalue weighted by atomic mass is 32.2. The standard InChI is InChI=1S/C23H29N3O4S/c1-29-21-8-5-19(6-9-21)18-24-20-7-10-22(25-11-3-2-4-12-25)23(17-20)31(27,28)26-13-15-30-16-14-26/h5-10,17-18H,2-4,11-16H2,1H3. The lowest BCUT2D eigenvalue weighted by atomic mass is 10.1. The van der Waals surface area contributed by atoms with Gasteiger partial charge in [0.1, 0.15) is 10.6 Å². The monoisotopic (exact) mass is 443 g/mol. The van der Waals surface area contributed by atoms with E-state index in [1.165, 1.54) is 10.7 Å². The van der Waals surface area contributed by atoms with Gasteiger partial charge in [-0.1, -0.05) is 0 Å². The maximum absolute atomic E-state index is 13.5. The lowest BCUT2D eigenvalue weighted by molar-refractivity contribution is 0.0730. The summed E-state index contributed by atoms with van der Waals surface area (Å²) in [5.41, 5.74) is 2.30. The zero-order valence-electron chi connectivity index (χ0n) is 17.9. The van der Waals surface area contributed by atoms with Crippen molar-refractivity contribution in [1.29, 1.82) is 0 Å². The highest BCUT2D eigenvalue weighted by Gasteiger charge is 2.30. The van der Waals surface area contributed by atoms with Crippen LogP contribution >= 0.6 is 0 Å². The molecule has 0 radical (unpaired) electrons. The van der Waals surface area contributed by atoms with Gasteiger partial charge in [0.2, 0.25) is 10.0 Å². The fraction of sp³-hybridized carbons (Fsp3) is 0.435. The summed E-state index contributed by atoms with van der Waals surface area (Å²) in [6, 6.07) is 13.1. The molecule has 7 nitrogen and oxygen atoms in total. The van der Waals surface area contributed by atoms with Gasteiger partial charge in [-0.2, -0.15) is 4.31 Å². The molecule has 2 aromatic carbocycles. The average Bonchev–Trinajstić information content (AvgIpc) is 2.84. The smallest absolute Gasteiger partial charge is 0.245 e. The summed E-state index contributed by atoms with van der Waals surface area (Å²) < 4.78 is 39.1. The second-order valence-electron chi connectivity index (χ2n) is 7.75. The predicted molar refractivity (Wildman–Crippen MR) is 122 cm³/mol. The minimum absolute atomic E-state index is 0.334. The first-order valence-electron chi connectivity index (χ1n) is 10.7. The van der Waals surface area contributed by atoms with Gasteiger partial charge >= 0.3 is 0 Å². The summed E-state index contributed by atoms with van der Waals surface area (Å²) in [6.07, 6.45) is 5.08. The molecule has 4 rings (SSSR count). The normalized spacial score (nSPS) is 18.4. The van der Waals surface area contributed by atoms with Crippen LogP contribution in [0.3, 0.4) is 0 Å². The minimum Gasteiger partial charge on any atom is -0.497 e. The van der Waals surface area contributed by atoms with Crippen molar-refractivity contribution in [3.05, 3.63) is 48.0 Å². The summed E-state index contributed by atoms with van der Waals surface area (Å²) in [7, 11) is -2.01. The van der Waals surface area contributed by atoms with Crippen LogP contribution in [0, 0.1) is 0 Å². The molecule has 0 atom stereocenters. The molecule has 166 valence electrons. The van der Waals surface area contributed by atoms with E-state index in [0.29, 0.717) is 36.9 Å². The summed E-state index contributed by atoms with van der Waals surface area (Å²) >= 11 is 0. The van der Waals surface area contributed by atoms with Crippen LogP contribution in [0.15, 0.2) is 52.4 Å². The van der Waals surface area contributed by atoms with Gasteiger partial charge in [-0.25, -0.2) is 8.42 Å². The lowest BCUT2D eigenvalue weighted by Crippen LogP contribution is -2.41. The van der Waals surface area contributed by atoms with E-state index in [1.54, 1.807) is 19.4 Å². The molecular formula is C23H29N3O4S. The van der Waals surface area contributed by atoms with Crippen molar-refractivity contribution in [2.45, 2.75) is 24.2 Å². The van der Waals surface area contributed by atoms with E-state index < -0.39 is 10.0 Å². The number of benzene rings is 2. The molecule has 0 spiro atoms. The number of morpholine rings is 1. The van der Waals surface area contributed by atoms with Gasteiger partial charge in [-0.3, -0.25) is 4.99 Å². The molecule has 31 heavy (non-hydrogen) atoms. The summed E-state index contributed by atoms with van der Waals surface area (Å²) in [5.74, 6) is 0.780. The molecule has 0 aliphatic carbocycles. The van der Waals surface area contributed by atoms with Gasteiger partial charge < -0.3 is 14.4 Å². The number of hydrogen-bond donors (Lipinski definition) is 0. The third-order valence-electron chi connectivity index (χ3n) is 5.71. The van der Waals surface area contributed by atoms with Crippen LogP contribution in [0.4, 0.5) is 11.4 Å². The van der Waals surface area contributed by atoms with Crippen LogP contribution < -0.4 is 9.64 Å². The van der Waals surface area contributed by atoms with Crippen molar-refractivity contribution in [2.75, 3.05) is 51.4 Å². The molecule has 0 aromatic heterocycles. The van der Waals surface area contributed by atoms with Crippen LogP contribution in [0.5, 0.6) is 5.75 Å². The maximum Gasteiger partial charge on any atom is 0.245 e. The van der Waals surface area contributed by atoms with Gasteiger partial charge in [-0.05, 0) is 67.3 Å². The van der Waals surface area contributed by atoms with Crippen LogP contribution in [0.25, 0.3) is 0 Å². The number of aliphatic imine (C=N–C) groups is 1. The van der Waals surface area contributed by atoms with E-state index >= 15 is 0 Å². The molecule has 0 unspecified atom stereocenters. The van der Waals surface area contributed by atoms with Crippen LogP contribution in [-0.4, -0.2) is 65.4 Å². The Labute approximate surface area is 184 Å². The first-order chi connectivity index (χ1) is 15.1. The van der Waals surface area contributed by atoms with E-state index in [4.69, 9.17) is 9.47 Å². The molecule has 2 aromatic rings. The molecule has 2 saturated heterocycles. The number of rotatable bonds is 6. The second-order valence-corrected chi connectivity index (χ2v) is 9.65. The molecule has 2 fully saturated rings. The van der Waals surface area contributed by atoms with E-state index in [0.717, 1.165) is 42.9 Å². The van der Waals surface area contributed by atoms with Crippen molar-refractivity contribution >= 4 is 27.6 Å². The van der Waals surface area contributed by atoms with Gasteiger partial charge in [-0.15, -0.1) is 0 Å². The Balaban J connectivity index is 1.67. The zero-order valence-corrected chi connectivity index (χ0v) is 18.7. The third-order valence-corrected chi connectivity index (χ3v) is 7.63. The average molecular weight is 444 g/mol. The summed E-state index contributed by atoms with van der Waals surface area (Å²) in [5, 5.41) is 0. The number of anilines is 1. The van der Waals surface area contributed by atoms with Gasteiger partial charge in [0, 0.05) is 32.4 Å². The topological polar surface area (TPSA) is 71.4 Å². The van der Waals surface area contributed by atoms with E-state index in [-0.39, 0.29) is 0 Å². The van der Waals surface area contributed by atoms with Crippen molar-refractivity contribution in [2.24, 2.45) is 4.99 Å².